The minimum atomic E-state index is -0.0647. The SMILES string of the molecule is N#Cc1ccnc(CC2CCN(c3ccc(Br)cc3)C2=O)c1. The summed E-state index contributed by atoms with van der Waals surface area (Å²) in [6.07, 6.45) is 3.02. The number of carbonyl (C=O) groups excluding carboxylic acids is 1. The summed E-state index contributed by atoms with van der Waals surface area (Å²) in [5.41, 5.74) is 2.31. The highest BCUT2D eigenvalue weighted by atomic mass is 79.9. The largest absolute Gasteiger partial charge is 0.312 e. The number of hydrogen-bond acceptors (Lipinski definition) is 3. The van der Waals surface area contributed by atoms with E-state index in [-0.39, 0.29) is 11.8 Å². The topological polar surface area (TPSA) is 57.0 Å². The molecule has 0 bridgehead atoms. The van der Waals surface area contributed by atoms with Crippen LogP contribution in [0.25, 0.3) is 0 Å². The molecule has 5 heteroatoms. The predicted molar refractivity (Wildman–Crippen MR) is 87.3 cm³/mol. The fraction of sp³-hybridized carbons (Fsp3) is 0.235. The van der Waals surface area contributed by atoms with Crippen LogP contribution in [0.3, 0.4) is 0 Å². The molecule has 0 saturated carbocycles. The van der Waals surface area contributed by atoms with Crippen LogP contribution in [0.15, 0.2) is 47.1 Å². The molecule has 3 rings (SSSR count). The van der Waals surface area contributed by atoms with Gasteiger partial charge >= 0.3 is 0 Å². The quantitative estimate of drug-likeness (QED) is 0.848. The smallest absolute Gasteiger partial charge is 0.230 e. The third-order valence-corrected chi connectivity index (χ3v) is 4.38. The van der Waals surface area contributed by atoms with Crippen molar-refractivity contribution >= 4 is 27.5 Å². The van der Waals surface area contributed by atoms with E-state index < -0.39 is 0 Å². The van der Waals surface area contributed by atoms with Gasteiger partial charge in [-0.05, 0) is 42.8 Å². The molecule has 110 valence electrons. The summed E-state index contributed by atoms with van der Waals surface area (Å²) in [4.78, 5) is 18.7. The van der Waals surface area contributed by atoms with Crippen molar-refractivity contribution in [2.24, 2.45) is 5.92 Å². The van der Waals surface area contributed by atoms with E-state index in [9.17, 15) is 4.79 Å². The van der Waals surface area contributed by atoms with Crippen LogP contribution in [0.4, 0.5) is 5.69 Å². The number of carbonyl (C=O) groups is 1. The van der Waals surface area contributed by atoms with E-state index in [1.807, 2.05) is 29.2 Å². The van der Waals surface area contributed by atoms with Crippen LogP contribution >= 0.6 is 15.9 Å². The number of halogens is 1. The number of anilines is 1. The van der Waals surface area contributed by atoms with Gasteiger partial charge in [0.1, 0.15) is 0 Å². The van der Waals surface area contributed by atoms with E-state index in [4.69, 9.17) is 5.26 Å². The summed E-state index contributed by atoms with van der Waals surface area (Å²) in [6, 6.07) is 13.3. The summed E-state index contributed by atoms with van der Waals surface area (Å²) in [5.74, 6) is 0.0663. The van der Waals surface area contributed by atoms with Gasteiger partial charge in [-0.25, -0.2) is 0 Å². The van der Waals surface area contributed by atoms with E-state index in [1.54, 1.807) is 18.3 Å². The van der Waals surface area contributed by atoms with Gasteiger partial charge in [0.2, 0.25) is 5.91 Å². The van der Waals surface area contributed by atoms with E-state index in [0.29, 0.717) is 12.0 Å². The van der Waals surface area contributed by atoms with Gasteiger partial charge in [-0.1, -0.05) is 15.9 Å². The zero-order chi connectivity index (χ0) is 15.5. The molecule has 1 fully saturated rings. The first kappa shape index (κ1) is 14.7. The maximum atomic E-state index is 12.6. The number of rotatable bonds is 3. The molecule has 0 N–H and O–H groups in total. The zero-order valence-corrected chi connectivity index (χ0v) is 13.5. The first-order valence-electron chi connectivity index (χ1n) is 7.09. The van der Waals surface area contributed by atoms with Gasteiger partial charge in [0.05, 0.1) is 11.6 Å². The Labute approximate surface area is 137 Å². The Hall–Kier alpha value is -2.19. The van der Waals surface area contributed by atoms with Crippen LogP contribution in [0.5, 0.6) is 0 Å². The van der Waals surface area contributed by atoms with Crippen molar-refractivity contribution in [3.05, 3.63) is 58.3 Å². The van der Waals surface area contributed by atoms with Crippen molar-refractivity contribution in [2.75, 3.05) is 11.4 Å². The zero-order valence-electron chi connectivity index (χ0n) is 11.9. The minimum Gasteiger partial charge on any atom is -0.312 e. The molecule has 4 nitrogen and oxygen atoms in total. The first-order chi connectivity index (χ1) is 10.7. The Morgan fingerprint density at radius 2 is 2.09 bits per heavy atom. The van der Waals surface area contributed by atoms with Gasteiger partial charge in [-0.15, -0.1) is 0 Å². The minimum absolute atomic E-state index is 0.0647. The van der Waals surface area contributed by atoms with Gasteiger partial charge in [-0.2, -0.15) is 5.26 Å². The molecule has 1 amide bonds. The number of benzene rings is 1. The second kappa shape index (κ2) is 6.29. The molecule has 0 radical (unpaired) electrons. The molecule has 0 spiro atoms. The molecule has 1 aromatic carbocycles. The molecule has 1 atom stereocenters. The summed E-state index contributed by atoms with van der Waals surface area (Å²) in [7, 11) is 0. The number of nitrogens with zero attached hydrogens (tertiary/aromatic N) is 3. The van der Waals surface area contributed by atoms with Gasteiger partial charge in [0.15, 0.2) is 0 Å². The molecule has 1 unspecified atom stereocenters. The highest BCUT2D eigenvalue weighted by molar-refractivity contribution is 9.10. The number of nitriles is 1. The van der Waals surface area contributed by atoms with Crippen LogP contribution in [0.1, 0.15) is 17.7 Å². The normalized spacial score (nSPS) is 17.5. The third kappa shape index (κ3) is 3.02. The third-order valence-electron chi connectivity index (χ3n) is 3.86. The van der Waals surface area contributed by atoms with Crippen LogP contribution in [-0.4, -0.2) is 17.4 Å². The maximum Gasteiger partial charge on any atom is 0.230 e. The highest BCUT2D eigenvalue weighted by Gasteiger charge is 2.32. The van der Waals surface area contributed by atoms with Gasteiger partial charge in [0, 0.05) is 40.9 Å². The first-order valence-corrected chi connectivity index (χ1v) is 7.88. The van der Waals surface area contributed by atoms with Crippen molar-refractivity contribution in [3.8, 4) is 6.07 Å². The highest BCUT2D eigenvalue weighted by Crippen LogP contribution is 2.28. The van der Waals surface area contributed by atoms with Gasteiger partial charge in [-0.3, -0.25) is 9.78 Å². The summed E-state index contributed by atoms with van der Waals surface area (Å²) >= 11 is 3.40. The van der Waals surface area contributed by atoms with E-state index in [2.05, 4.69) is 27.0 Å². The molecule has 1 aliphatic rings. The maximum absolute atomic E-state index is 12.6. The van der Waals surface area contributed by atoms with Gasteiger partial charge < -0.3 is 4.90 Å². The van der Waals surface area contributed by atoms with E-state index in [0.717, 1.165) is 28.8 Å². The Bertz CT molecular complexity index is 736. The lowest BCUT2D eigenvalue weighted by Gasteiger charge is -2.17. The average molecular weight is 356 g/mol. The van der Waals surface area contributed by atoms with Crippen LogP contribution in [-0.2, 0) is 11.2 Å². The van der Waals surface area contributed by atoms with E-state index in [1.165, 1.54) is 0 Å². The number of aromatic nitrogens is 1. The van der Waals surface area contributed by atoms with Crippen molar-refractivity contribution in [1.29, 1.82) is 5.26 Å². The van der Waals surface area contributed by atoms with Gasteiger partial charge in [0.25, 0.3) is 0 Å². The van der Waals surface area contributed by atoms with Crippen molar-refractivity contribution in [3.63, 3.8) is 0 Å². The number of amides is 1. The average Bonchev–Trinajstić information content (AvgIpc) is 2.89. The summed E-state index contributed by atoms with van der Waals surface area (Å²) < 4.78 is 0.997. The molecule has 2 aromatic rings. The molecule has 1 aromatic heterocycles. The van der Waals surface area contributed by atoms with E-state index >= 15 is 0 Å². The molecular formula is C17H14BrN3O. The molecule has 1 aliphatic heterocycles. The lowest BCUT2D eigenvalue weighted by molar-refractivity contribution is -0.120. The standard InChI is InChI=1S/C17H14BrN3O/c18-14-1-3-16(4-2-14)21-8-6-13(17(21)22)10-15-9-12(11-19)5-7-20-15/h1-5,7,9,13H,6,8,10H2. The van der Waals surface area contributed by atoms with Crippen molar-refractivity contribution in [2.45, 2.75) is 12.8 Å². The fourth-order valence-corrected chi connectivity index (χ4v) is 2.98. The molecular weight excluding hydrogens is 342 g/mol. The second-order valence-electron chi connectivity index (χ2n) is 5.30. The van der Waals surface area contributed by atoms with Crippen LogP contribution in [0.2, 0.25) is 0 Å². The lowest BCUT2D eigenvalue weighted by Crippen LogP contribution is -2.27. The Morgan fingerprint density at radius 1 is 1.32 bits per heavy atom. The summed E-state index contributed by atoms with van der Waals surface area (Å²) in [6.45, 7) is 0.725. The molecule has 0 aliphatic carbocycles. The number of hydrogen-bond donors (Lipinski definition) is 0. The Kier molecular flexibility index (Phi) is 4.21. The second-order valence-corrected chi connectivity index (χ2v) is 6.22. The van der Waals surface area contributed by atoms with Crippen molar-refractivity contribution in [1.82, 2.24) is 4.98 Å². The summed E-state index contributed by atoms with van der Waals surface area (Å²) in [5, 5.41) is 8.93. The van der Waals surface area contributed by atoms with Crippen LogP contribution in [0, 0.1) is 17.2 Å². The van der Waals surface area contributed by atoms with Crippen molar-refractivity contribution < 1.29 is 4.79 Å². The molecule has 22 heavy (non-hydrogen) atoms. The Balaban J connectivity index is 1.73. The predicted octanol–water partition coefficient (Wildman–Crippen LogP) is 3.31. The molecule has 1 saturated heterocycles. The fourth-order valence-electron chi connectivity index (χ4n) is 2.72. The van der Waals surface area contributed by atoms with Crippen LogP contribution < -0.4 is 4.90 Å². The number of pyridine rings is 1. The Morgan fingerprint density at radius 3 is 2.82 bits per heavy atom. The lowest BCUT2D eigenvalue weighted by atomic mass is 10.0. The molecule has 2 heterocycles. The monoisotopic (exact) mass is 355 g/mol.